The number of thiophene rings is 1. The van der Waals surface area contributed by atoms with Gasteiger partial charge in [-0.25, -0.2) is 13.1 Å². The number of nitrogens with one attached hydrogen (secondary N) is 2. The summed E-state index contributed by atoms with van der Waals surface area (Å²) in [6, 6.07) is -0.230. The minimum Gasteiger partial charge on any atom is -0.383 e. The molecular formula is C13H24N2O3S2. The van der Waals surface area contributed by atoms with E-state index in [1.807, 2.05) is 26.2 Å². The van der Waals surface area contributed by atoms with Crippen molar-refractivity contribution in [2.75, 3.05) is 20.8 Å². The minimum atomic E-state index is -3.53. The molecule has 0 radical (unpaired) electrons. The van der Waals surface area contributed by atoms with Crippen molar-refractivity contribution in [2.24, 2.45) is 5.92 Å². The molecule has 0 spiro atoms. The number of hydrogen-bond acceptors (Lipinski definition) is 5. The summed E-state index contributed by atoms with van der Waals surface area (Å²) in [5.41, 5.74) is 0.785. The summed E-state index contributed by atoms with van der Waals surface area (Å²) in [7, 11) is -0.145. The first kappa shape index (κ1) is 17.6. The number of aryl methyl sites for hydroxylation is 1. The first-order valence-electron chi connectivity index (χ1n) is 6.56. The summed E-state index contributed by atoms with van der Waals surface area (Å²) in [4.78, 5) is 1.23. The third-order valence-corrected chi connectivity index (χ3v) is 6.01. The number of methoxy groups -OCH3 is 1. The van der Waals surface area contributed by atoms with Gasteiger partial charge in [0.2, 0.25) is 10.0 Å². The van der Waals surface area contributed by atoms with E-state index in [2.05, 4.69) is 10.0 Å². The maximum Gasteiger partial charge on any atom is 0.242 e. The van der Waals surface area contributed by atoms with E-state index >= 15 is 0 Å². The first-order chi connectivity index (χ1) is 9.33. The van der Waals surface area contributed by atoms with Crippen LogP contribution in [0.25, 0.3) is 0 Å². The standard InChI is InChI=1S/C13H24N2O3S2/c1-9(2)11(7-18-5)15-20(16,17)13-10(3)8-19-12(13)6-14-4/h8-9,11,14-15H,6-7H2,1-5H3. The van der Waals surface area contributed by atoms with Crippen LogP contribution >= 0.6 is 11.3 Å². The van der Waals surface area contributed by atoms with E-state index in [0.29, 0.717) is 18.0 Å². The summed E-state index contributed by atoms with van der Waals surface area (Å²) in [5.74, 6) is 0.163. The van der Waals surface area contributed by atoms with Crippen LogP contribution in [0.3, 0.4) is 0 Å². The Labute approximate surface area is 125 Å². The highest BCUT2D eigenvalue weighted by atomic mass is 32.2. The van der Waals surface area contributed by atoms with Gasteiger partial charge in [-0.05, 0) is 30.8 Å². The average molecular weight is 320 g/mol. The SMILES string of the molecule is CNCc1scc(C)c1S(=O)(=O)NC(COC)C(C)C. The Kier molecular flexibility index (Phi) is 6.60. The molecule has 1 rings (SSSR count). The summed E-state index contributed by atoms with van der Waals surface area (Å²) in [6.07, 6.45) is 0. The molecule has 1 heterocycles. The van der Waals surface area contributed by atoms with Gasteiger partial charge in [0.05, 0.1) is 6.61 Å². The minimum absolute atomic E-state index is 0.163. The van der Waals surface area contributed by atoms with Crippen molar-refractivity contribution in [3.8, 4) is 0 Å². The second-order valence-electron chi connectivity index (χ2n) is 5.13. The molecule has 20 heavy (non-hydrogen) atoms. The van der Waals surface area contributed by atoms with Crippen molar-refractivity contribution in [1.82, 2.24) is 10.0 Å². The number of sulfonamides is 1. The molecule has 1 aromatic rings. The maximum atomic E-state index is 12.6. The zero-order valence-electron chi connectivity index (χ0n) is 12.7. The van der Waals surface area contributed by atoms with Crippen LogP contribution in [-0.2, 0) is 21.3 Å². The molecule has 1 unspecified atom stereocenters. The van der Waals surface area contributed by atoms with E-state index in [9.17, 15) is 8.42 Å². The monoisotopic (exact) mass is 320 g/mol. The molecule has 0 aliphatic heterocycles. The van der Waals surface area contributed by atoms with Crippen LogP contribution in [0.15, 0.2) is 10.3 Å². The highest BCUT2D eigenvalue weighted by molar-refractivity contribution is 7.89. The molecule has 0 amide bonds. The fourth-order valence-corrected chi connectivity index (χ4v) is 5.12. The average Bonchev–Trinajstić information content (AvgIpc) is 2.71. The van der Waals surface area contributed by atoms with E-state index in [0.717, 1.165) is 10.4 Å². The fraction of sp³-hybridized carbons (Fsp3) is 0.692. The van der Waals surface area contributed by atoms with E-state index in [4.69, 9.17) is 4.74 Å². The Morgan fingerprint density at radius 2 is 2.05 bits per heavy atom. The molecule has 0 saturated carbocycles. The Bertz CT molecular complexity index is 524. The molecule has 0 saturated heterocycles. The van der Waals surface area contributed by atoms with Gasteiger partial charge in [-0.1, -0.05) is 13.8 Å². The highest BCUT2D eigenvalue weighted by Gasteiger charge is 2.27. The maximum absolute atomic E-state index is 12.6. The van der Waals surface area contributed by atoms with Gasteiger partial charge in [-0.3, -0.25) is 0 Å². The summed E-state index contributed by atoms with van der Waals surface area (Å²) < 4.78 is 33.1. The van der Waals surface area contributed by atoms with Crippen molar-refractivity contribution in [2.45, 2.75) is 38.3 Å². The summed E-state index contributed by atoms with van der Waals surface area (Å²) in [5, 5.41) is 4.88. The van der Waals surface area contributed by atoms with Crippen LogP contribution in [0.5, 0.6) is 0 Å². The van der Waals surface area contributed by atoms with Crippen LogP contribution in [-0.4, -0.2) is 35.2 Å². The van der Waals surface area contributed by atoms with E-state index in [-0.39, 0.29) is 12.0 Å². The van der Waals surface area contributed by atoms with Gasteiger partial charge in [0.15, 0.2) is 0 Å². The van der Waals surface area contributed by atoms with E-state index in [1.54, 1.807) is 14.2 Å². The zero-order chi connectivity index (χ0) is 15.3. The molecule has 0 aliphatic carbocycles. The predicted octanol–water partition coefficient (Wildman–Crippen LogP) is 1.73. The molecule has 5 nitrogen and oxygen atoms in total. The number of ether oxygens (including phenoxy) is 1. The third-order valence-electron chi connectivity index (χ3n) is 3.05. The van der Waals surface area contributed by atoms with E-state index < -0.39 is 10.0 Å². The van der Waals surface area contributed by atoms with Crippen LogP contribution in [0.4, 0.5) is 0 Å². The van der Waals surface area contributed by atoms with Crippen LogP contribution in [0, 0.1) is 12.8 Å². The molecule has 0 aromatic carbocycles. The summed E-state index contributed by atoms with van der Waals surface area (Å²) in [6.45, 7) is 6.68. The van der Waals surface area contributed by atoms with Crippen molar-refractivity contribution in [1.29, 1.82) is 0 Å². The van der Waals surface area contributed by atoms with Crippen LogP contribution in [0.1, 0.15) is 24.3 Å². The second-order valence-corrected chi connectivity index (χ2v) is 7.74. The van der Waals surface area contributed by atoms with Gasteiger partial charge in [0.1, 0.15) is 4.90 Å². The van der Waals surface area contributed by atoms with Crippen molar-refractivity contribution < 1.29 is 13.2 Å². The number of hydrogen-bond donors (Lipinski definition) is 2. The highest BCUT2D eigenvalue weighted by Crippen LogP contribution is 2.27. The molecule has 0 bridgehead atoms. The third kappa shape index (κ3) is 4.26. The molecule has 7 heteroatoms. The van der Waals surface area contributed by atoms with Crippen molar-refractivity contribution in [3.63, 3.8) is 0 Å². The van der Waals surface area contributed by atoms with Crippen molar-refractivity contribution >= 4 is 21.4 Å². The quantitative estimate of drug-likeness (QED) is 0.765. The lowest BCUT2D eigenvalue weighted by Crippen LogP contribution is -2.42. The summed E-state index contributed by atoms with van der Waals surface area (Å²) >= 11 is 1.46. The lowest BCUT2D eigenvalue weighted by Gasteiger charge is -2.22. The lowest BCUT2D eigenvalue weighted by molar-refractivity contribution is 0.157. The normalized spacial score (nSPS) is 13.9. The lowest BCUT2D eigenvalue weighted by atomic mass is 10.1. The van der Waals surface area contributed by atoms with Gasteiger partial charge in [0, 0.05) is 24.6 Å². The Balaban J connectivity index is 3.07. The van der Waals surface area contributed by atoms with Gasteiger partial charge >= 0.3 is 0 Å². The molecule has 0 fully saturated rings. The molecule has 1 atom stereocenters. The Hall–Kier alpha value is -0.470. The Morgan fingerprint density at radius 1 is 1.40 bits per heavy atom. The molecule has 116 valence electrons. The molecule has 2 N–H and O–H groups in total. The second kappa shape index (κ2) is 7.51. The van der Waals surface area contributed by atoms with Crippen LogP contribution in [0.2, 0.25) is 0 Å². The number of rotatable bonds is 8. The fourth-order valence-electron chi connectivity index (χ4n) is 1.93. The molecule has 0 aliphatic rings. The van der Waals surface area contributed by atoms with Gasteiger partial charge in [-0.15, -0.1) is 11.3 Å². The molecular weight excluding hydrogens is 296 g/mol. The smallest absolute Gasteiger partial charge is 0.242 e. The first-order valence-corrected chi connectivity index (χ1v) is 8.92. The van der Waals surface area contributed by atoms with Crippen LogP contribution < -0.4 is 10.0 Å². The van der Waals surface area contributed by atoms with Crippen molar-refractivity contribution in [3.05, 3.63) is 15.8 Å². The van der Waals surface area contributed by atoms with Gasteiger partial charge in [-0.2, -0.15) is 0 Å². The predicted molar refractivity (Wildman–Crippen MR) is 82.6 cm³/mol. The molecule has 1 aromatic heterocycles. The Morgan fingerprint density at radius 3 is 2.55 bits per heavy atom. The van der Waals surface area contributed by atoms with Gasteiger partial charge in [0.25, 0.3) is 0 Å². The zero-order valence-corrected chi connectivity index (χ0v) is 14.3. The van der Waals surface area contributed by atoms with Gasteiger partial charge < -0.3 is 10.1 Å². The largest absolute Gasteiger partial charge is 0.383 e. The topological polar surface area (TPSA) is 67.4 Å². The van der Waals surface area contributed by atoms with E-state index in [1.165, 1.54) is 11.3 Å².